The Hall–Kier alpha value is -1.06. The first-order valence-corrected chi connectivity index (χ1v) is 3.05. The summed E-state index contributed by atoms with van der Waals surface area (Å²) in [6.07, 6.45) is 1.73. The molecule has 3 nitrogen and oxygen atoms in total. The summed E-state index contributed by atoms with van der Waals surface area (Å²) in [5, 5.41) is 2.66. The minimum absolute atomic E-state index is 0.141. The largest absolute Gasteiger partial charge is 0.303 e. The highest BCUT2D eigenvalue weighted by Crippen LogP contribution is 1.89. The van der Waals surface area contributed by atoms with Gasteiger partial charge < -0.3 is 5.10 Å². The van der Waals surface area contributed by atoms with Gasteiger partial charge in [-0.25, -0.2) is 0 Å². The van der Waals surface area contributed by atoms with Crippen molar-refractivity contribution in [2.45, 2.75) is 6.42 Å². The van der Waals surface area contributed by atoms with E-state index >= 15 is 0 Å². The molecule has 0 bridgehead atoms. The van der Waals surface area contributed by atoms with Gasteiger partial charge in [0.25, 0.3) is 5.56 Å². The number of hydrogen-bond acceptors (Lipinski definition) is 1. The number of aromatic nitrogens is 2. The summed E-state index contributed by atoms with van der Waals surface area (Å²) in [6.45, 7) is -0.479. The molecule has 0 aliphatic carbocycles. The van der Waals surface area contributed by atoms with Crippen LogP contribution in [0.2, 0.25) is 0 Å². The zero-order valence-corrected chi connectivity index (χ0v) is 5.72. The van der Waals surface area contributed by atoms with Crippen LogP contribution >= 0.6 is 0 Å². The van der Waals surface area contributed by atoms with Crippen molar-refractivity contribution in [2.75, 3.05) is 6.67 Å². The first-order chi connectivity index (χ1) is 4.75. The molecule has 0 atom stereocenters. The zero-order valence-electron chi connectivity index (χ0n) is 5.72. The zero-order chi connectivity index (χ0) is 7.56. The Labute approximate surface area is 57.5 Å². The van der Waals surface area contributed by atoms with Crippen LogP contribution in [0.1, 0.15) is 5.56 Å². The molecule has 1 N–H and O–H groups in total. The van der Waals surface area contributed by atoms with E-state index in [-0.39, 0.29) is 12.0 Å². The molecule has 0 saturated carbocycles. The van der Waals surface area contributed by atoms with Gasteiger partial charge in [0.05, 0.1) is 6.67 Å². The normalized spacial score (nSPS) is 10.2. The molecule has 4 heteroatoms. The number of hydrogen-bond donors (Lipinski definition) is 1. The number of rotatable bonds is 2. The van der Waals surface area contributed by atoms with Crippen LogP contribution in [0, 0.1) is 0 Å². The lowest BCUT2D eigenvalue weighted by molar-refractivity contribution is 0.494. The van der Waals surface area contributed by atoms with Gasteiger partial charge in [0, 0.05) is 25.2 Å². The number of aryl methyl sites for hydroxylation is 2. The summed E-state index contributed by atoms with van der Waals surface area (Å²) in [5.74, 6) is 0. The van der Waals surface area contributed by atoms with Gasteiger partial charge >= 0.3 is 0 Å². The van der Waals surface area contributed by atoms with Gasteiger partial charge in [-0.3, -0.25) is 13.9 Å². The summed E-state index contributed by atoms with van der Waals surface area (Å²) in [5.41, 5.74) is 0.364. The van der Waals surface area contributed by atoms with Crippen LogP contribution in [-0.2, 0) is 13.5 Å². The van der Waals surface area contributed by atoms with E-state index in [2.05, 4.69) is 5.10 Å². The van der Waals surface area contributed by atoms with Gasteiger partial charge in [-0.15, -0.1) is 0 Å². The van der Waals surface area contributed by atoms with Gasteiger partial charge in [-0.2, -0.15) is 0 Å². The molecule has 0 amide bonds. The topological polar surface area (TPSA) is 37.8 Å². The molecule has 0 radical (unpaired) electrons. The van der Waals surface area contributed by atoms with Crippen molar-refractivity contribution in [1.82, 2.24) is 9.78 Å². The van der Waals surface area contributed by atoms with E-state index in [9.17, 15) is 9.18 Å². The monoisotopic (exact) mass is 144 g/mol. The number of aromatic amines is 1. The van der Waals surface area contributed by atoms with Crippen LogP contribution in [0.4, 0.5) is 4.39 Å². The Balaban J connectivity index is 2.95. The lowest BCUT2D eigenvalue weighted by Crippen LogP contribution is -2.15. The lowest BCUT2D eigenvalue weighted by atomic mass is 10.3. The first-order valence-electron chi connectivity index (χ1n) is 3.05. The molecule has 0 unspecified atom stereocenters. The highest BCUT2D eigenvalue weighted by molar-refractivity contribution is 5.04. The number of nitrogens with zero attached hydrogens (tertiary/aromatic N) is 1. The van der Waals surface area contributed by atoms with Gasteiger partial charge in [0.15, 0.2) is 0 Å². The number of H-pyrrole nitrogens is 1. The molecule has 1 rings (SSSR count). The van der Waals surface area contributed by atoms with Crippen molar-refractivity contribution in [2.24, 2.45) is 7.05 Å². The number of alkyl halides is 1. The van der Waals surface area contributed by atoms with E-state index < -0.39 is 6.67 Å². The molecule has 0 fully saturated rings. The van der Waals surface area contributed by atoms with Crippen LogP contribution in [0.25, 0.3) is 0 Å². The number of halogens is 1. The summed E-state index contributed by atoms with van der Waals surface area (Å²) in [4.78, 5) is 10.9. The molecule has 1 heterocycles. The van der Waals surface area contributed by atoms with Crippen molar-refractivity contribution < 1.29 is 4.39 Å². The second-order valence-electron chi connectivity index (χ2n) is 2.10. The Bertz CT molecular complexity index is 263. The van der Waals surface area contributed by atoms with Crippen LogP contribution in [0.5, 0.6) is 0 Å². The Morgan fingerprint density at radius 3 is 2.90 bits per heavy atom. The standard InChI is InChI=1S/C6H9FN2O/c1-9-6(10)5(2-3-7)4-8-9/h4,8H,2-3H2,1H3. The first kappa shape index (κ1) is 7.05. The van der Waals surface area contributed by atoms with Crippen LogP contribution < -0.4 is 5.56 Å². The molecule has 56 valence electrons. The highest BCUT2D eigenvalue weighted by Gasteiger charge is 2.00. The molecule has 0 spiro atoms. The van der Waals surface area contributed by atoms with E-state index in [1.54, 1.807) is 7.05 Å². The molecule has 0 aromatic carbocycles. The second kappa shape index (κ2) is 2.68. The van der Waals surface area contributed by atoms with Crippen molar-refractivity contribution in [3.8, 4) is 0 Å². The fraction of sp³-hybridized carbons (Fsp3) is 0.500. The third-order valence-electron chi connectivity index (χ3n) is 1.38. The average molecular weight is 144 g/mol. The van der Waals surface area contributed by atoms with Crippen molar-refractivity contribution in [3.05, 3.63) is 22.1 Å². The maximum atomic E-state index is 11.7. The molecule has 1 aromatic rings. The van der Waals surface area contributed by atoms with E-state index in [4.69, 9.17) is 0 Å². The van der Waals surface area contributed by atoms with Gasteiger partial charge in [0.2, 0.25) is 0 Å². The number of nitrogens with one attached hydrogen (secondary N) is 1. The SMILES string of the molecule is Cn1[nH]cc(CCF)c1=O. The Morgan fingerprint density at radius 1 is 1.80 bits per heavy atom. The minimum atomic E-state index is -0.479. The predicted octanol–water partition coefficient (Wildman–Crippen LogP) is 0.225. The van der Waals surface area contributed by atoms with E-state index in [0.29, 0.717) is 5.56 Å². The summed E-state index contributed by atoms with van der Waals surface area (Å²) < 4.78 is 13.0. The van der Waals surface area contributed by atoms with Crippen molar-refractivity contribution in [3.63, 3.8) is 0 Å². The summed E-state index contributed by atoms with van der Waals surface area (Å²) >= 11 is 0. The Kier molecular flexibility index (Phi) is 1.89. The smallest absolute Gasteiger partial charge is 0.269 e. The highest BCUT2D eigenvalue weighted by atomic mass is 19.1. The molecule has 0 aliphatic rings. The minimum Gasteiger partial charge on any atom is -0.303 e. The fourth-order valence-electron chi connectivity index (χ4n) is 0.791. The maximum absolute atomic E-state index is 11.7. The second-order valence-corrected chi connectivity index (χ2v) is 2.10. The lowest BCUT2D eigenvalue weighted by Gasteiger charge is -1.84. The molecule has 0 aliphatic heterocycles. The van der Waals surface area contributed by atoms with E-state index in [1.165, 1.54) is 10.9 Å². The third-order valence-corrected chi connectivity index (χ3v) is 1.38. The molecular formula is C6H9FN2O. The molecular weight excluding hydrogens is 135 g/mol. The van der Waals surface area contributed by atoms with E-state index in [1.807, 2.05) is 0 Å². The average Bonchev–Trinajstić information content (AvgIpc) is 2.20. The fourth-order valence-corrected chi connectivity index (χ4v) is 0.791. The van der Waals surface area contributed by atoms with Gasteiger partial charge in [0.1, 0.15) is 0 Å². The van der Waals surface area contributed by atoms with Crippen LogP contribution in [0.3, 0.4) is 0 Å². The summed E-state index contributed by atoms with van der Waals surface area (Å²) in [7, 11) is 1.60. The van der Waals surface area contributed by atoms with Gasteiger partial charge in [-0.1, -0.05) is 0 Å². The third kappa shape index (κ3) is 1.10. The maximum Gasteiger partial charge on any atom is 0.269 e. The molecule has 10 heavy (non-hydrogen) atoms. The quantitative estimate of drug-likeness (QED) is 0.633. The van der Waals surface area contributed by atoms with E-state index in [0.717, 1.165) is 0 Å². The van der Waals surface area contributed by atoms with Crippen LogP contribution in [0.15, 0.2) is 11.0 Å². The molecule has 1 aromatic heterocycles. The van der Waals surface area contributed by atoms with Crippen molar-refractivity contribution >= 4 is 0 Å². The predicted molar refractivity (Wildman–Crippen MR) is 35.7 cm³/mol. The van der Waals surface area contributed by atoms with Crippen molar-refractivity contribution in [1.29, 1.82) is 0 Å². The Morgan fingerprint density at radius 2 is 2.50 bits per heavy atom. The molecule has 0 saturated heterocycles. The van der Waals surface area contributed by atoms with Gasteiger partial charge in [-0.05, 0) is 0 Å². The summed E-state index contributed by atoms with van der Waals surface area (Å²) in [6, 6.07) is 0. The van der Waals surface area contributed by atoms with Crippen LogP contribution in [-0.4, -0.2) is 16.5 Å².